The van der Waals surface area contributed by atoms with Gasteiger partial charge in [0.2, 0.25) is 11.8 Å². The van der Waals surface area contributed by atoms with Crippen LogP contribution in [0.2, 0.25) is 0 Å². The van der Waals surface area contributed by atoms with Crippen molar-refractivity contribution < 1.29 is 9.59 Å². The van der Waals surface area contributed by atoms with Gasteiger partial charge in [-0.05, 0) is 53.4 Å². The largest absolute Gasteiger partial charge is 0.341 e. The number of thiophene rings is 1. The number of benzene rings is 1. The molecule has 1 aromatic heterocycles. The summed E-state index contributed by atoms with van der Waals surface area (Å²) in [5.74, 6) is -0.186. The van der Waals surface area contributed by atoms with Gasteiger partial charge < -0.3 is 9.80 Å². The first-order valence-electron chi connectivity index (χ1n) is 8.10. The van der Waals surface area contributed by atoms with E-state index < -0.39 is 0 Å². The smallest absolute Gasteiger partial charge is 0.228 e. The van der Waals surface area contributed by atoms with Crippen LogP contribution in [0.25, 0.3) is 0 Å². The summed E-state index contributed by atoms with van der Waals surface area (Å²) in [5, 5.41) is 4.06. The van der Waals surface area contributed by atoms with Crippen LogP contribution >= 0.6 is 11.3 Å². The number of rotatable bonds is 4. The first kappa shape index (κ1) is 16.7. The molecule has 3 rings (SSSR count). The lowest BCUT2D eigenvalue weighted by molar-refractivity contribution is -0.135. The molecule has 1 atom stereocenters. The van der Waals surface area contributed by atoms with E-state index in [0.29, 0.717) is 19.5 Å². The van der Waals surface area contributed by atoms with Crippen molar-refractivity contribution >= 4 is 28.8 Å². The summed E-state index contributed by atoms with van der Waals surface area (Å²) in [4.78, 5) is 28.6. The first-order chi connectivity index (χ1) is 11.5. The van der Waals surface area contributed by atoms with Crippen molar-refractivity contribution in [3.63, 3.8) is 0 Å². The quantitative estimate of drug-likeness (QED) is 0.855. The van der Waals surface area contributed by atoms with Gasteiger partial charge in [-0.15, -0.1) is 0 Å². The van der Waals surface area contributed by atoms with Crippen molar-refractivity contribution in [2.45, 2.75) is 26.8 Å². The van der Waals surface area contributed by atoms with E-state index in [2.05, 4.69) is 0 Å². The minimum absolute atomic E-state index is 0.0333. The zero-order valence-corrected chi connectivity index (χ0v) is 15.1. The van der Waals surface area contributed by atoms with Crippen LogP contribution in [0.4, 0.5) is 5.69 Å². The molecular formula is C19H22N2O2S. The van der Waals surface area contributed by atoms with Crippen LogP contribution in [0.15, 0.2) is 35.0 Å². The molecule has 0 saturated carbocycles. The Balaban J connectivity index is 1.72. The van der Waals surface area contributed by atoms with Crippen LogP contribution in [0.3, 0.4) is 0 Å². The van der Waals surface area contributed by atoms with Crippen LogP contribution in [0, 0.1) is 19.8 Å². The van der Waals surface area contributed by atoms with Crippen molar-refractivity contribution in [2.75, 3.05) is 18.5 Å². The van der Waals surface area contributed by atoms with E-state index in [4.69, 9.17) is 0 Å². The molecule has 1 aromatic carbocycles. The molecule has 0 bridgehead atoms. The predicted octanol–water partition coefficient (Wildman–Crippen LogP) is 3.38. The second kappa shape index (κ2) is 6.77. The fourth-order valence-electron chi connectivity index (χ4n) is 3.18. The van der Waals surface area contributed by atoms with E-state index in [-0.39, 0.29) is 17.7 Å². The van der Waals surface area contributed by atoms with Crippen LogP contribution < -0.4 is 4.90 Å². The fourth-order valence-corrected chi connectivity index (χ4v) is 3.84. The molecule has 126 valence electrons. The van der Waals surface area contributed by atoms with Gasteiger partial charge in [0.1, 0.15) is 0 Å². The Hall–Kier alpha value is -2.14. The third kappa shape index (κ3) is 3.22. The van der Waals surface area contributed by atoms with Crippen LogP contribution in [-0.2, 0) is 16.1 Å². The van der Waals surface area contributed by atoms with Crippen molar-refractivity contribution in [1.82, 2.24) is 4.90 Å². The topological polar surface area (TPSA) is 40.6 Å². The molecule has 1 fully saturated rings. The lowest BCUT2D eigenvalue weighted by Crippen LogP contribution is -2.34. The Morgan fingerprint density at radius 3 is 2.83 bits per heavy atom. The maximum atomic E-state index is 12.7. The molecule has 24 heavy (non-hydrogen) atoms. The molecule has 0 N–H and O–H groups in total. The van der Waals surface area contributed by atoms with E-state index >= 15 is 0 Å². The van der Waals surface area contributed by atoms with E-state index in [1.807, 2.05) is 55.9 Å². The van der Waals surface area contributed by atoms with E-state index in [1.54, 1.807) is 21.1 Å². The molecule has 2 heterocycles. The van der Waals surface area contributed by atoms with E-state index in [0.717, 1.165) is 22.4 Å². The van der Waals surface area contributed by atoms with Crippen LogP contribution in [0.1, 0.15) is 23.1 Å². The van der Waals surface area contributed by atoms with Gasteiger partial charge in [-0.25, -0.2) is 0 Å². The highest BCUT2D eigenvalue weighted by Gasteiger charge is 2.37. The Kier molecular flexibility index (Phi) is 4.71. The molecule has 0 spiro atoms. The molecular weight excluding hydrogens is 320 g/mol. The average Bonchev–Trinajstić information content (AvgIpc) is 3.19. The van der Waals surface area contributed by atoms with Gasteiger partial charge in [0.25, 0.3) is 0 Å². The molecule has 1 saturated heterocycles. The van der Waals surface area contributed by atoms with Gasteiger partial charge in [0, 0.05) is 32.2 Å². The summed E-state index contributed by atoms with van der Waals surface area (Å²) in [6.07, 6.45) is 0.292. The van der Waals surface area contributed by atoms with Crippen molar-refractivity contribution in [1.29, 1.82) is 0 Å². The molecule has 1 aliphatic heterocycles. The van der Waals surface area contributed by atoms with Gasteiger partial charge in [-0.2, -0.15) is 11.3 Å². The molecule has 0 unspecified atom stereocenters. The number of carbonyl (C=O) groups excluding carboxylic acids is 2. The zero-order valence-electron chi connectivity index (χ0n) is 14.3. The third-order valence-electron chi connectivity index (χ3n) is 4.72. The molecule has 2 amide bonds. The number of amides is 2. The van der Waals surface area contributed by atoms with Gasteiger partial charge in [0.05, 0.1) is 5.92 Å². The van der Waals surface area contributed by atoms with E-state index in [9.17, 15) is 9.59 Å². The number of aryl methyl sites for hydroxylation is 1. The van der Waals surface area contributed by atoms with Crippen molar-refractivity contribution in [2.24, 2.45) is 5.92 Å². The van der Waals surface area contributed by atoms with E-state index in [1.165, 1.54) is 0 Å². The maximum absolute atomic E-state index is 12.7. The molecule has 0 aliphatic carbocycles. The van der Waals surface area contributed by atoms with Gasteiger partial charge >= 0.3 is 0 Å². The minimum atomic E-state index is -0.263. The third-order valence-corrected chi connectivity index (χ3v) is 5.45. The monoisotopic (exact) mass is 342 g/mol. The highest BCUT2D eigenvalue weighted by Crippen LogP contribution is 2.30. The second-order valence-corrected chi connectivity index (χ2v) is 7.23. The number of hydrogen-bond acceptors (Lipinski definition) is 3. The minimum Gasteiger partial charge on any atom is -0.341 e. The Bertz CT molecular complexity index is 755. The molecule has 4 nitrogen and oxygen atoms in total. The summed E-state index contributed by atoms with van der Waals surface area (Å²) in [6.45, 7) is 5.12. The molecule has 2 aromatic rings. The number of anilines is 1. The summed E-state index contributed by atoms with van der Waals surface area (Å²) < 4.78 is 0. The van der Waals surface area contributed by atoms with Crippen molar-refractivity contribution in [3.05, 3.63) is 51.7 Å². The number of hydrogen-bond donors (Lipinski definition) is 0. The lowest BCUT2D eigenvalue weighted by Gasteiger charge is -2.22. The Labute approximate surface area is 146 Å². The van der Waals surface area contributed by atoms with Crippen LogP contribution in [-0.4, -0.2) is 30.3 Å². The van der Waals surface area contributed by atoms with Gasteiger partial charge in [-0.3, -0.25) is 9.59 Å². The number of carbonyl (C=O) groups is 2. The molecule has 1 aliphatic rings. The summed E-state index contributed by atoms with van der Waals surface area (Å²) in [6, 6.07) is 7.98. The highest BCUT2D eigenvalue weighted by atomic mass is 32.1. The normalized spacial score (nSPS) is 17.4. The number of nitrogens with zero attached hydrogens (tertiary/aromatic N) is 2. The Morgan fingerprint density at radius 1 is 1.33 bits per heavy atom. The van der Waals surface area contributed by atoms with Gasteiger partial charge in [0.15, 0.2) is 0 Å². The van der Waals surface area contributed by atoms with Gasteiger partial charge in [-0.1, -0.05) is 12.1 Å². The fraction of sp³-hybridized carbons (Fsp3) is 0.368. The molecule has 5 heteroatoms. The predicted molar refractivity (Wildman–Crippen MR) is 97.2 cm³/mol. The summed E-state index contributed by atoms with van der Waals surface area (Å²) in [7, 11) is 1.81. The van der Waals surface area contributed by atoms with Crippen LogP contribution in [0.5, 0.6) is 0 Å². The average molecular weight is 342 g/mol. The van der Waals surface area contributed by atoms with Crippen molar-refractivity contribution in [3.8, 4) is 0 Å². The SMILES string of the molecule is Cc1cccc(N2C[C@H](C(=O)N(C)Cc3ccsc3)CC2=O)c1C. The first-order valence-corrected chi connectivity index (χ1v) is 9.04. The zero-order chi connectivity index (χ0) is 17.3. The highest BCUT2D eigenvalue weighted by molar-refractivity contribution is 7.07. The molecule has 0 radical (unpaired) electrons. The standard InChI is InChI=1S/C19H22N2O2S/c1-13-5-4-6-17(14(13)2)21-11-16(9-18(21)22)19(23)20(3)10-15-7-8-24-12-15/h4-8,12,16H,9-11H2,1-3H3/t16-/m1/s1. The maximum Gasteiger partial charge on any atom is 0.228 e. The lowest BCUT2D eigenvalue weighted by atomic mass is 10.1. The summed E-state index contributed by atoms with van der Waals surface area (Å²) >= 11 is 1.63. The Morgan fingerprint density at radius 2 is 2.12 bits per heavy atom. The summed E-state index contributed by atoms with van der Waals surface area (Å²) in [5.41, 5.74) is 4.32. The second-order valence-electron chi connectivity index (χ2n) is 6.45.